The number of carbonyl (C=O) groups excluding carboxylic acids is 4. The van der Waals surface area contributed by atoms with Crippen molar-refractivity contribution in [3.63, 3.8) is 0 Å². The third kappa shape index (κ3) is 14.2. The lowest BCUT2D eigenvalue weighted by atomic mass is 9.81. The van der Waals surface area contributed by atoms with Crippen molar-refractivity contribution in [2.45, 2.75) is 37.0 Å². The molecule has 0 saturated carbocycles. The Morgan fingerprint density at radius 1 is 0.695 bits per heavy atom. The van der Waals surface area contributed by atoms with Crippen molar-refractivity contribution >= 4 is 29.4 Å². The molecule has 0 aromatic heterocycles. The molecule has 4 aromatic rings. The molecule has 2 amide bonds. The topological polar surface area (TPSA) is 111 Å². The van der Waals surface area contributed by atoms with Crippen molar-refractivity contribution in [3.8, 4) is 11.1 Å². The first-order valence-corrected chi connectivity index (χ1v) is 17.4. The lowest BCUT2D eigenvalue weighted by molar-refractivity contribution is -0.200. The fraction of sp³-hybridized carbons (Fsp3) is 0.317. The molecule has 0 bridgehead atoms. The molecule has 0 radical (unpaired) electrons. The van der Waals surface area contributed by atoms with Crippen molar-refractivity contribution in [3.05, 3.63) is 125 Å². The fourth-order valence-electron chi connectivity index (χ4n) is 5.61. The molecule has 0 spiro atoms. The zero-order valence-electron chi connectivity index (χ0n) is 31.8. The Hall–Kier alpha value is -5.91. The summed E-state index contributed by atoms with van der Waals surface area (Å²) in [6.07, 6.45) is -13.3. The minimum absolute atomic E-state index is 0.0514. The Labute approximate surface area is 333 Å². The van der Waals surface area contributed by atoms with Crippen LogP contribution in [0.3, 0.4) is 0 Å². The van der Waals surface area contributed by atoms with Crippen LogP contribution < -0.4 is 5.32 Å². The summed E-state index contributed by atoms with van der Waals surface area (Å²) in [5.74, 6) is -3.88. The highest BCUT2D eigenvalue weighted by atomic mass is 19.4. The third-order valence-corrected chi connectivity index (χ3v) is 8.36. The van der Waals surface area contributed by atoms with E-state index in [1.807, 2.05) is 0 Å². The summed E-state index contributed by atoms with van der Waals surface area (Å²) in [5.41, 5.74) is -0.852. The molecule has 18 heteroatoms. The number of hydrogen-bond acceptors (Lipinski definition) is 7. The summed E-state index contributed by atoms with van der Waals surface area (Å²) < 4.78 is 128. The van der Waals surface area contributed by atoms with Gasteiger partial charge in [-0.3, -0.25) is 23.6 Å². The van der Waals surface area contributed by atoms with Gasteiger partial charge in [-0.05, 0) is 39.9 Å². The van der Waals surface area contributed by atoms with Gasteiger partial charge < -0.3 is 24.4 Å². The van der Waals surface area contributed by atoms with E-state index in [1.165, 1.54) is 91.8 Å². The van der Waals surface area contributed by atoms with Gasteiger partial charge in [0.2, 0.25) is 5.91 Å². The van der Waals surface area contributed by atoms with E-state index in [9.17, 15) is 58.7 Å². The van der Waals surface area contributed by atoms with Gasteiger partial charge >= 0.3 is 24.3 Å². The second-order valence-corrected chi connectivity index (χ2v) is 13.0. The second-order valence-electron chi connectivity index (χ2n) is 13.0. The number of alkyl halides is 9. The van der Waals surface area contributed by atoms with Crippen LogP contribution in [0.5, 0.6) is 0 Å². The first-order valence-electron chi connectivity index (χ1n) is 17.4. The number of anilines is 1. The van der Waals surface area contributed by atoms with Gasteiger partial charge in [-0.15, -0.1) is 0 Å². The summed E-state index contributed by atoms with van der Waals surface area (Å²) in [4.78, 5) is 54.1. The molecule has 0 aliphatic carbocycles. The van der Waals surface area contributed by atoms with Gasteiger partial charge in [0.15, 0.2) is 6.61 Å². The highest BCUT2D eigenvalue weighted by Gasteiger charge is 2.46. The molecule has 0 saturated heterocycles. The maximum Gasteiger partial charge on any atom is 0.422 e. The van der Waals surface area contributed by atoms with Crippen molar-refractivity contribution in [2.24, 2.45) is 0 Å². The Morgan fingerprint density at radius 2 is 1.31 bits per heavy atom. The van der Waals surface area contributed by atoms with E-state index in [1.54, 1.807) is 24.3 Å². The van der Waals surface area contributed by atoms with Gasteiger partial charge in [0.05, 0.1) is 37.9 Å². The number of nitrogens with zero attached hydrogens (tertiary/aromatic N) is 1. The lowest BCUT2D eigenvalue weighted by Crippen LogP contribution is -2.48. The smallest absolute Gasteiger partial charge is 0.422 e. The number of halogens is 9. The van der Waals surface area contributed by atoms with Gasteiger partial charge in [-0.2, -0.15) is 26.3 Å². The average molecular weight is 843 g/mol. The Bertz CT molecular complexity index is 2020. The normalized spacial score (nSPS) is 12.4. The number of ether oxygens (including phenoxy) is 3. The van der Waals surface area contributed by atoms with Gasteiger partial charge in [-0.1, -0.05) is 84.9 Å². The second kappa shape index (κ2) is 21.2. The Morgan fingerprint density at radius 3 is 1.90 bits per heavy atom. The molecule has 59 heavy (non-hydrogen) atoms. The largest absolute Gasteiger partial charge is 0.464 e. The van der Waals surface area contributed by atoms with Gasteiger partial charge in [0.25, 0.3) is 12.3 Å². The van der Waals surface area contributed by atoms with Crippen LogP contribution in [0.15, 0.2) is 97.1 Å². The van der Waals surface area contributed by atoms with Crippen LogP contribution in [-0.4, -0.2) is 88.7 Å². The molecule has 4 rings (SSSR count). The van der Waals surface area contributed by atoms with Crippen molar-refractivity contribution in [1.82, 2.24) is 4.90 Å². The highest BCUT2D eigenvalue weighted by Crippen LogP contribution is 2.31. The van der Waals surface area contributed by atoms with Crippen LogP contribution in [0.2, 0.25) is 0 Å². The van der Waals surface area contributed by atoms with E-state index in [-0.39, 0.29) is 34.4 Å². The number of hydrogen-bond donors (Lipinski definition) is 1. The number of amides is 2. The molecular weight excluding hydrogens is 803 g/mol. The number of nitrogens with one attached hydrogen (secondary N) is 1. The first-order chi connectivity index (χ1) is 27.8. The average Bonchev–Trinajstić information content (AvgIpc) is 3.19. The van der Waals surface area contributed by atoms with Gasteiger partial charge in [0, 0.05) is 19.7 Å². The summed E-state index contributed by atoms with van der Waals surface area (Å²) in [5, 5.41) is 2.68. The maximum absolute atomic E-state index is 13.3. The Balaban J connectivity index is 0.00000458. The van der Waals surface area contributed by atoms with Gasteiger partial charge in [-0.25, -0.2) is 8.78 Å². The maximum atomic E-state index is 13.3. The molecule has 0 heterocycles. The van der Waals surface area contributed by atoms with E-state index in [2.05, 4.69) is 10.1 Å². The monoisotopic (exact) mass is 842 g/mol. The molecule has 0 aliphatic rings. The standard InChI is InChI=1S/C40H36F8N2O7.CH3F/c1-50(2)36(53)31-18-25(12-17-32(31)49-33(51)20-28-8-6-7-11-30(28)26-13-15-27(16-14-26)35(41)42)19-34(52)56-22-38(21-55-23-39(43,44)45,29-9-4-3-5-10-29)37(54)57-24-40(46,47)48;1-2/h3-18,35H,19-24H2,1-2H3,(H,49,51);1H3. The summed E-state index contributed by atoms with van der Waals surface area (Å²) in [6.45, 7) is -6.22. The third-order valence-electron chi connectivity index (χ3n) is 8.36. The molecule has 0 fully saturated rings. The molecule has 4 aromatic carbocycles. The summed E-state index contributed by atoms with van der Waals surface area (Å²) in [7, 11) is 3.37. The first kappa shape index (κ1) is 47.5. The molecule has 318 valence electrons. The van der Waals surface area contributed by atoms with E-state index in [0.717, 1.165) is 0 Å². The summed E-state index contributed by atoms with van der Waals surface area (Å²) in [6, 6.07) is 23.0. The quantitative estimate of drug-likeness (QED) is 0.0891. The van der Waals surface area contributed by atoms with Crippen molar-refractivity contribution in [1.29, 1.82) is 0 Å². The SMILES string of the molecule is CF.CN(C)C(=O)c1cc(CC(=O)OCC(COCC(F)(F)F)(C(=O)OCC(F)(F)F)c2ccccc2)ccc1NC(=O)Cc1ccccc1-c1ccc(C(F)F)cc1. The predicted octanol–water partition coefficient (Wildman–Crippen LogP) is 8.47. The molecule has 0 aliphatic heterocycles. The zero-order chi connectivity index (χ0) is 44.0. The van der Waals surface area contributed by atoms with Crippen LogP contribution in [0.1, 0.15) is 39.0 Å². The molecule has 9 nitrogen and oxygen atoms in total. The zero-order valence-corrected chi connectivity index (χ0v) is 31.8. The number of esters is 2. The predicted molar refractivity (Wildman–Crippen MR) is 197 cm³/mol. The van der Waals surface area contributed by atoms with Crippen LogP contribution >= 0.6 is 0 Å². The fourth-order valence-corrected chi connectivity index (χ4v) is 5.61. The number of rotatable bonds is 16. The van der Waals surface area contributed by atoms with Crippen molar-refractivity contribution < 1.29 is 72.9 Å². The molecule has 1 N–H and O–H groups in total. The van der Waals surface area contributed by atoms with E-state index < -0.39 is 80.8 Å². The molecule has 1 unspecified atom stereocenters. The van der Waals surface area contributed by atoms with Crippen LogP contribution in [0.25, 0.3) is 11.1 Å². The number of carbonyl (C=O) groups is 4. The van der Waals surface area contributed by atoms with Crippen LogP contribution in [-0.2, 0) is 46.9 Å². The highest BCUT2D eigenvalue weighted by molar-refractivity contribution is 6.04. The van der Waals surface area contributed by atoms with E-state index in [0.29, 0.717) is 23.9 Å². The van der Waals surface area contributed by atoms with Crippen LogP contribution in [0, 0.1) is 0 Å². The van der Waals surface area contributed by atoms with E-state index in [4.69, 9.17) is 9.47 Å². The minimum Gasteiger partial charge on any atom is -0.464 e. The van der Waals surface area contributed by atoms with Crippen LogP contribution in [0.4, 0.5) is 45.2 Å². The lowest BCUT2D eigenvalue weighted by Gasteiger charge is -2.31. The molecule has 1 atom stereocenters. The summed E-state index contributed by atoms with van der Waals surface area (Å²) >= 11 is 0. The Kier molecular flexibility index (Phi) is 17.1. The number of benzene rings is 4. The minimum atomic E-state index is -4.99. The van der Waals surface area contributed by atoms with Gasteiger partial charge in [0.1, 0.15) is 18.6 Å². The van der Waals surface area contributed by atoms with E-state index >= 15 is 0 Å². The molecular formula is C41H39F9N2O7. The van der Waals surface area contributed by atoms with Crippen molar-refractivity contribution in [2.75, 3.05) is 53.0 Å².